The van der Waals surface area contributed by atoms with Crippen molar-refractivity contribution in [3.8, 4) is 0 Å². The molecule has 0 spiro atoms. The second-order valence-corrected chi connectivity index (χ2v) is 10.3. The maximum atomic E-state index is 13.0. The molecule has 0 aliphatic carbocycles. The molecule has 4 rings (SSSR count). The van der Waals surface area contributed by atoms with Crippen molar-refractivity contribution in [2.24, 2.45) is 0 Å². The minimum Gasteiger partial charge on any atom is -0.336 e. The third kappa shape index (κ3) is 3.90. The lowest BCUT2D eigenvalue weighted by molar-refractivity contribution is -0.117. The zero-order valence-corrected chi connectivity index (χ0v) is 17.2. The topological polar surface area (TPSA) is 78.0 Å². The molecule has 9 heteroatoms. The Labute approximate surface area is 170 Å². The summed E-state index contributed by atoms with van der Waals surface area (Å²) in [6.45, 7) is 3.11. The normalized spacial score (nSPS) is 25.5. The van der Waals surface area contributed by atoms with Crippen LogP contribution in [0, 0.1) is 0 Å². The van der Waals surface area contributed by atoms with Crippen molar-refractivity contribution in [3.05, 3.63) is 28.8 Å². The van der Waals surface area contributed by atoms with Gasteiger partial charge in [-0.1, -0.05) is 11.6 Å². The molecule has 1 unspecified atom stereocenters. The molecule has 0 radical (unpaired) electrons. The van der Waals surface area contributed by atoms with Crippen molar-refractivity contribution in [3.63, 3.8) is 0 Å². The Bertz CT molecular complexity index is 896. The zero-order valence-electron chi connectivity index (χ0n) is 15.6. The van der Waals surface area contributed by atoms with Crippen molar-refractivity contribution in [1.29, 1.82) is 0 Å². The fraction of sp³-hybridized carbons (Fsp3) is 0.579. The standard InChI is InChI=1S/C19H24ClN3O4S/c20-16-4-3-14(12-17(16)23-6-1-2-18(23)24)19(25)22-9-7-21(8-10-22)15-5-11-28(26,27)13-15/h3-4,12,15H,1-2,5-11,13H2. The van der Waals surface area contributed by atoms with Crippen LogP contribution in [-0.4, -0.2) is 80.3 Å². The number of benzene rings is 1. The Morgan fingerprint density at radius 2 is 1.86 bits per heavy atom. The van der Waals surface area contributed by atoms with Crippen LogP contribution in [0.1, 0.15) is 29.6 Å². The van der Waals surface area contributed by atoms with E-state index < -0.39 is 9.84 Å². The highest BCUT2D eigenvalue weighted by molar-refractivity contribution is 7.91. The van der Waals surface area contributed by atoms with E-state index in [0.717, 1.165) is 6.42 Å². The van der Waals surface area contributed by atoms with Gasteiger partial charge in [-0.2, -0.15) is 0 Å². The molecule has 1 atom stereocenters. The van der Waals surface area contributed by atoms with E-state index in [1.807, 2.05) is 0 Å². The summed E-state index contributed by atoms with van der Waals surface area (Å²) < 4.78 is 23.4. The lowest BCUT2D eigenvalue weighted by Gasteiger charge is -2.37. The van der Waals surface area contributed by atoms with E-state index >= 15 is 0 Å². The molecule has 0 N–H and O–H groups in total. The monoisotopic (exact) mass is 425 g/mol. The average molecular weight is 426 g/mol. The number of carbonyl (C=O) groups excluding carboxylic acids is 2. The van der Waals surface area contributed by atoms with Crippen LogP contribution in [0.3, 0.4) is 0 Å². The second-order valence-electron chi connectivity index (χ2n) is 7.70. The van der Waals surface area contributed by atoms with Gasteiger partial charge in [-0.3, -0.25) is 14.5 Å². The molecular weight excluding hydrogens is 402 g/mol. The first kappa shape index (κ1) is 19.7. The number of nitrogens with zero attached hydrogens (tertiary/aromatic N) is 3. The van der Waals surface area contributed by atoms with Gasteiger partial charge in [0.2, 0.25) is 5.91 Å². The summed E-state index contributed by atoms with van der Waals surface area (Å²) in [6.07, 6.45) is 1.99. The fourth-order valence-corrected chi connectivity index (χ4v) is 6.27. The van der Waals surface area contributed by atoms with Crippen LogP contribution in [0.15, 0.2) is 18.2 Å². The third-order valence-electron chi connectivity index (χ3n) is 5.88. The summed E-state index contributed by atoms with van der Waals surface area (Å²) in [5.41, 5.74) is 1.13. The Morgan fingerprint density at radius 1 is 1.11 bits per heavy atom. The first-order valence-corrected chi connectivity index (χ1v) is 11.9. The lowest BCUT2D eigenvalue weighted by atomic mass is 10.1. The Hall–Kier alpha value is -1.64. The Morgan fingerprint density at radius 3 is 2.46 bits per heavy atom. The van der Waals surface area contributed by atoms with Crippen LogP contribution < -0.4 is 4.90 Å². The number of anilines is 1. The molecule has 1 aromatic carbocycles. The van der Waals surface area contributed by atoms with Gasteiger partial charge in [0.25, 0.3) is 5.91 Å². The van der Waals surface area contributed by atoms with E-state index in [9.17, 15) is 18.0 Å². The number of piperazine rings is 1. The molecule has 3 aliphatic heterocycles. The molecule has 1 aromatic rings. The van der Waals surface area contributed by atoms with Gasteiger partial charge in [-0.25, -0.2) is 8.42 Å². The fourth-order valence-electron chi connectivity index (χ4n) is 4.29. The highest BCUT2D eigenvalue weighted by atomic mass is 35.5. The average Bonchev–Trinajstić information content (AvgIpc) is 3.27. The highest BCUT2D eigenvalue weighted by Gasteiger charge is 2.34. The van der Waals surface area contributed by atoms with Crippen LogP contribution in [0.4, 0.5) is 5.69 Å². The van der Waals surface area contributed by atoms with E-state index in [1.54, 1.807) is 28.0 Å². The number of rotatable bonds is 3. The van der Waals surface area contributed by atoms with Gasteiger partial charge in [0, 0.05) is 50.7 Å². The van der Waals surface area contributed by atoms with Crippen molar-refractivity contribution in [2.45, 2.75) is 25.3 Å². The predicted molar refractivity (Wildman–Crippen MR) is 108 cm³/mol. The minimum atomic E-state index is -2.91. The van der Waals surface area contributed by atoms with E-state index in [4.69, 9.17) is 11.6 Å². The van der Waals surface area contributed by atoms with Crippen LogP contribution >= 0.6 is 11.6 Å². The molecule has 152 valence electrons. The quantitative estimate of drug-likeness (QED) is 0.731. The van der Waals surface area contributed by atoms with Gasteiger partial charge in [0.15, 0.2) is 9.84 Å². The molecule has 3 heterocycles. The zero-order chi connectivity index (χ0) is 19.9. The summed E-state index contributed by atoms with van der Waals surface area (Å²) in [6, 6.07) is 5.16. The Kier molecular flexibility index (Phi) is 5.37. The van der Waals surface area contributed by atoms with Gasteiger partial charge < -0.3 is 9.80 Å². The number of sulfone groups is 1. The molecule has 3 saturated heterocycles. The Balaban J connectivity index is 1.42. The second kappa shape index (κ2) is 7.65. The van der Waals surface area contributed by atoms with Crippen LogP contribution in [0.5, 0.6) is 0 Å². The number of hydrogen-bond acceptors (Lipinski definition) is 5. The van der Waals surface area contributed by atoms with Crippen LogP contribution in [-0.2, 0) is 14.6 Å². The van der Waals surface area contributed by atoms with Gasteiger partial charge in [-0.05, 0) is 31.0 Å². The number of hydrogen-bond donors (Lipinski definition) is 0. The van der Waals surface area contributed by atoms with Gasteiger partial charge in [0.1, 0.15) is 0 Å². The maximum Gasteiger partial charge on any atom is 0.254 e. The largest absolute Gasteiger partial charge is 0.336 e. The first-order chi connectivity index (χ1) is 13.3. The molecule has 0 aromatic heterocycles. The molecule has 3 aliphatic rings. The molecule has 0 saturated carbocycles. The highest BCUT2D eigenvalue weighted by Crippen LogP contribution is 2.31. The van der Waals surface area contributed by atoms with Gasteiger partial charge in [0.05, 0.1) is 22.2 Å². The van der Waals surface area contributed by atoms with Gasteiger partial charge in [-0.15, -0.1) is 0 Å². The summed E-state index contributed by atoms with van der Waals surface area (Å²) in [5.74, 6) is 0.445. The summed E-state index contributed by atoms with van der Waals surface area (Å²) in [4.78, 5) is 30.6. The summed E-state index contributed by atoms with van der Waals surface area (Å²) >= 11 is 6.27. The van der Waals surface area contributed by atoms with Crippen molar-refractivity contribution >= 4 is 38.9 Å². The smallest absolute Gasteiger partial charge is 0.254 e. The molecule has 7 nitrogen and oxygen atoms in total. The predicted octanol–water partition coefficient (Wildman–Crippen LogP) is 1.41. The van der Waals surface area contributed by atoms with Crippen molar-refractivity contribution in [2.75, 3.05) is 49.1 Å². The molecule has 3 fully saturated rings. The van der Waals surface area contributed by atoms with Crippen molar-refractivity contribution in [1.82, 2.24) is 9.80 Å². The van der Waals surface area contributed by atoms with E-state index in [1.165, 1.54) is 0 Å². The SMILES string of the molecule is O=C(c1ccc(Cl)c(N2CCCC2=O)c1)N1CCN(C2CCS(=O)(=O)C2)CC1. The number of amides is 2. The third-order valence-corrected chi connectivity index (χ3v) is 7.95. The maximum absolute atomic E-state index is 13.0. The van der Waals surface area contributed by atoms with Crippen LogP contribution in [0.2, 0.25) is 5.02 Å². The number of carbonyl (C=O) groups is 2. The van der Waals surface area contributed by atoms with E-state index in [2.05, 4.69) is 4.90 Å². The summed E-state index contributed by atoms with van der Waals surface area (Å²) in [7, 11) is -2.91. The van der Waals surface area contributed by atoms with Gasteiger partial charge >= 0.3 is 0 Å². The van der Waals surface area contributed by atoms with E-state index in [0.29, 0.717) is 61.8 Å². The minimum absolute atomic E-state index is 0.0339. The molecule has 0 bridgehead atoms. The lowest BCUT2D eigenvalue weighted by Crippen LogP contribution is -2.52. The molecule has 2 amide bonds. The molecular formula is C19H24ClN3O4S. The summed E-state index contributed by atoms with van der Waals surface area (Å²) in [5, 5.41) is 0.471. The molecule has 28 heavy (non-hydrogen) atoms. The van der Waals surface area contributed by atoms with Crippen molar-refractivity contribution < 1.29 is 18.0 Å². The van der Waals surface area contributed by atoms with E-state index in [-0.39, 0.29) is 29.4 Å². The number of halogens is 1. The first-order valence-electron chi connectivity index (χ1n) is 9.68. The van der Waals surface area contributed by atoms with Crippen LogP contribution in [0.25, 0.3) is 0 Å².